The molecule has 0 bridgehead atoms. The van der Waals surface area contributed by atoms with Crippen molar-refractivity contribution in [3.8, 4) is 11.1 Å². The first-order valence-electron chi connectivity index (χ1n) is 9.91. The second kappa shape index (κ2) is 8.53. The summed E-state index contributed by atoms with van der Waals surface area (Å²) in [6.07, 6.45) is -0.0275. The van der Waals surface area contributed by atoms with Crippen molar-refractivity contribution in [1.82, 2.24) is 9.78 Å². The van der Waals surface area contributed by atoms with E-state index in [4.69, 9.17) is 16.3 Å². The number of benzene rings is 2. The van der Waals surface area contributed by atoms with Crippen molar-refractivity contribution in [2.45, 2.75) is 32.9 Å². The molecule has 1 aliphatic rings. The minimum absolute atomic E-state index is 0.0275. The SMILES string of the molecule is COCc1nn2c(c1-c1ccc(Cl)cc1)NC(=O)C2CC(=O)Nc1ccc(C)cc1C. The van der Waals surface area contributed by atoms with E-state index >= 15 is 0 Å². The minimum atomic E-state index is -0.739. The lowest BCUT2D eigenvalue weighted by atomic mass is 10.1. The number of ether oxygens (including phenoxy) is 1. The molecule has 0 fully saturated rings. The van der Waals surface area contributed by atoms with E-state index in [1.165, 1.54) is 0 Å². The number of nitrogens with one attached hydrogen (secondary N) is 2. The van der Waals surface area contributed by atoms with Crippen LogP contribution in [-0.2, 0) is 20.9 Å². The fraction of sp³-hybridized carbons (Fsp3) is 0.261. The summed E-state index contributed by atoms with van der Waals surface area (Å²) in [7, 11) is 1.59. The molecule has 1 aromatic heterocycles. The van der Waals surface area contributed by atoms with E-state index in [0.717, 1.165) is 27.9 Å². The van der Waals surface area contributed by atoms with Gasteiger partial charge in [-0.3, -0.25) is 9.59 Å². The number of amides is 2. The lowest BCUT2D eigenvalue weighted by Gasteiger charge is -2.12. The third-order valence-corrected chi connectivity index (χ3v) is 5.52. The Morgan fingerprint density at radius 3 is 2.65 bits per heavy atom. The lowest BCUT2D eigenvalue weighted by Crippen LogP contribution is -2.24. The second-order valence-electron chi connectivity index (χ2n) is 7.63. The number of carbonyl (C=O) groups excluding carboxylic acids is 2. The van der Waals surface area contributed by atoms with E-state index in [1.807, 2.05) is 44.2 Å². The van der Waals surface area contributed by atoms with Gasteiger partial charge in [0.2, 0.25) is 5.91 Å². The molecule has 0 saturated carbocycles. The van der Waals surface area contributed by atoms with E-state index in [9.17, 15) is 9.59 Å². The van der Waals surface area contributed by atoms with Crippen molar-refractivity contribution in [2.75, 3.05) is 17.7 Å². The second-order valence-corrected chi connectivity index (χ2v) is 8.07. The average molecular weight is 439 g/mol. The number of carbonyl (C=O) groups is 2. The summed E-state index contributed by atoms with van der Waals surface area (Å²) in [5, 5.41) is 11.0. The van der Waals surface area contributed by atoms with Crippen LogP contribution < -0.4 is 10.6 Å². The van der Waals surface area contributed by atoms with Gasteiger partial charge in [-0.25, -0.2) is 4.68 Å². The van der Waals surface area contributed by atoms with Crippen molar-refractivity contribution < 1.29 is 14.3 Å². The number of hydrogen-bond acceptors (Lipinski definition) is 4. The van der Waals surface area contributed by atoms with Gasteiger partial charge in [0.15, 0.2) is 0 Å². The fourth-order valence-electron chi connectivity index (χ4n) is 3.81. The average Bonchev–Trinajstić information content (AvgIpc) is 3.20. The van der Waals surface area contributed by atoms with E-state index in [0.29, 0.717) is 16.5 Å². The molecule has 0 aliphatic carbocycles. The van der Waals surface area contributed by atoms with Gasteiger partial charge >= 0.3 is 0 Å². The first-order valence-corrected chi connectivity index (χ1v) is 10.3. The molecule has 0 spiro atoms. The summed E-state index contributed by atoms with van der Waals surface area (Å²) in [5.74, 6) is 0.0398. The summed E-state index contributed by atoms with van der Waals surface area (Å²) in [6, 6.07) is 12.4. The zero-order valence-electron chi connectivity index (χ0n) is 17.5. The Morgan fingerprint density at radius 2 is 1.97 bits per heavy atom. The minimum Gasteiger partial charge on any atom is -0.378 e. The summed E-state index contributed by atoms with van der Waals surface area (Å²) in [6.45, 7) is 4.21. The van der Waals surface area contributed by atoms with Crippen molar-refractivity contribution in [1.29, 1.82) is 0 Å². The molecule has 2 heterocycles. The number of halogens is 1. The molecule has 1 atom stereocenters. The van der Waals surface area contributed by atoms with Gasteiger partial charge in [0.1, 0.15) is 11.9 Å². The molecule has 8 heteroatoms. The Bertz CT molecular complexity index is 1150. The molecule has 1 aliphatic heterocycles. The van der Waals surface area contributed by atoms with Crippen LogP contribution in [0.15, 0.2) is 42.5 Å². The van der Waals surface area contributed by atoms with Crippen molar-refractivity contribution in [2.24, 2.45) is 0 Å². The maximum Gasteiger partial charge on any atom is 0.251 e. The van der Waals surface area contributed by atoms with Crippen LogP contribution in [0, 0.1) is 13.8 Å². The Morgan fingerprint density at radius 1 is 1.23 bits per heavy atom. The largest absolute Gasteiger partial charge is 0.378 e. The predicted molar refractivity (Wildman–Crippen MR) is 120 cm³/mol. The number of aryl methyl sites for hydroxylation is 2. The van der Waals surface area contributed by atoms with Crippen LogP contribution in [0.25, 0.3) is 11.1 Å². The van der Waals surface area contributed by atoms with Gasteiger partial charge in [0.05, 0.1) is 18.7 Å². The highest BCUT2D eigenvalue weighted by molar-refractivity contribution is 6.30. The van der Waals surface area contributed by atoms with Crippen LogP contribution >= 0.6 is 11.6 Å². The highest BCUT2D eigenvalue weighted by Gasteiger charge is 2.37. The Kier molecular flexibility index (Phi) is 5.80. The smallest absolute Gasteiger partial charge is 0.251 e. The van der Waals surface area contributed by atoms with Crippen LogP contribution in [0.1, 0.15) is 29.3 Å². The van der Waals surface area contributed by atoms with Gasteiger partial charge in [-0.15, -0.1) is 0 Å². The molecule has 7 nitrogen and oxygen atoms in total. The quantitative estimate of drug-likeness (QED) is 0.593. The first-order chi connectivity index (χ1) is 14.9. The number of anilines is 2. The van der Waals surface area contributed by atoms with Gasteiger partial charge in [0, 0.05) is 23.4 Å². The Labute approximate surface area is 185 Å². The monoisotopic (exact) mass is 438 g/mol. The van der Waals surface area contributed by atoms with Gasteiger partial charge < -0.3 is 15.4 Å². The number of nitrogens with zero attached hydrogens (tertiary/aromatic N) is 2. The van der Waals surface area contributed by atoms with Gasteiger partial charge in [-0.1, -0.05) is 41.4 Å². The van der Waals surface area contributed by atoms with Crippen LogP contribution in [0.2, 0.25) is 5.02 Å². The molecular weight excluding hydrogens is 416 g/mol. The van der Waals surface area contributed by atoms with Crippen molar-refractivity contribution in [3.63, 3.8) is 0 Å². The molecule has 4 rings (SSSR count). The van der Waals surface area contributed by atoms with Crippen LogP contribution in [0.4, 0.5) is 11.5 Å². The van der Waals surface area contributed by atoms with Crippen LogP contribution in [0.3, 0.4) is 0 Å². The molecule has 2 N–H and O–H groups in total. The third kappa shape index (κ3) is 4.19. The number of hydrogen-bond donors (Lipinski definition) is 2. The van der Waals surface area contributed by atoms with Crippen molar-refractivity contribution >= 4 is 34.9 Å². The highest BCUT2D eigenvalue weighted by atomic mass is 35.5. The first kappa shape index (κ1) is 21.1. The summed E-state index contributed by atoms with van der Waals surface area (Å²) in [5.41, 5.74) is 5.13. The van der Waals surface area contributed by atoms with E-state index < -0.39 is 6.04 Å². The van der Waals surface area contributed by atoms with E-state index in [2.05, 4.69) is 15.7 Å². The summed E-state index contributed by atoms with van der Waals surface area (Å²) < 4.78 is 6.89. The molecule has 0 saturated heterocycles. The van der Waals surface area contributed by atoms with Gasteiger partial charge in [0.25, 0.3) is 5.91 Å². The predicted octanol–water partition coefficient (Wildman–Crippen LogP) is 4.49. The molecule has 1 unspecified atom stereocenters. The molecule has 0 radical (unpaired) electrons. The topological polar surface area (TPSA) is 85.2 Å². The van der Waals surface area contributed by atoms with Crippen LogP contribution in [0.5, 0.6) is 0 Å². The third-order valence-electron chi connectivity index (χ3n) is 5.27. The highest BCUT2D eigenvalue weighted by Crippen LogP contribution is 2.39. The standard InChI is InChI=1S/C23H23ClN4O3/c1-13-4-9-17(14(2)10-13)25-20(29)11-19-23(30)26-22-21(15-5-7-16(24)8-6-15)18(12-31-3)27-28(19)22/h4-10,19H,11-12H2,1-3H3,(H,25,29)(H,26,30). The number of fused-ring (bicyclic) bond motifs is 1. The maximum absolute atomic E-state index is 12.7. The fourth-order valence-corrected chi connectivity index (χ4v) is 3.93. The van der Waals surface area contributed by atoms with E-state index in [-0.39, 0.29) is 24.8 Å². The molecule has 2 aromatic carbocycles. The number of methoxy groups -OCH3 is 1. The zero-order valence-corrected chi connectivity index (χ0v) is 18.3. The van der Waals surface area contributed by atoms with Crippen LogP contribution in [-0.4, -0.2) is 28.7 Å². The van der Waals surface area contributed by atoms with Gasteiger partial charge in [-0.05, 0) is 43.2 Å². The Balaban J connectivity index is 1.62. The molecule has 3 aromatic rings. The molecule has 31 heavy (non-hydrogen) atoms. The molecule has 160 valence electrons. The zero-order chi connectivity index (χ0) is 22.1. The molecular formula is C23H23ClN4O3. The lowest BCUT2D eigenvalue weighted by molar-refractivity contribution is -0.123. The molecule has 2 amide bonds. The normalized spacial score (nSPS) is 15.0. The van der Waals surface area contributed by atoms with Gasteiger partial charge in [-0.2, -0.15) is 5.10 Å². The number of rotatable bonds is 6. The summed E-state index contributed by atoms with van der Waals surface area (Å²) >= 11 is 6.02. The summed E-state index contributed by atoms with van der Waals surface area (Å²) in [4.78, 5) is 25.4. The number of aromatic nitrogens is 2. The maximum atomic E-state index is 12.7. The van der Waals surface area contributed by atoms with Crippen molar-refractivity contribution in [3.05, 3.63) is 64.3 Å². The Hall–Kier alpha value is -3.16. The van der Waals surface area contributed by atoms with E-state index in [1.54, 1.807) is 23.9 Å².